The number of halogens is 4. The van der Waals surface area contributed by atoms with E-state index in [4.69, 9.17) is 11.6 Å². The van der Waals surface area contributed by atoms with Gasteiger partial charge in [-0.15, -0.1) is 0 Å². The third kappa shape index (κ3) is 4.04. The molecule has 1 saturated heterocycles. The van der Waals surface area contributed by atoms with Crippen LogP contribution in [0.25, 0.3) is 0 Å². The van der Waals surface area contributed by atoms with Crippen LogP contribution in [0.15, 0.2) is 48.5 Å². The first-order valence-corrected chi connectivity index (χ1v) is 8.68. The molecule has 0 radical (unpaired) electrons. The van der Waals surface area contributed by atoms with Gasteiger partial charge in [-0.2, -0.15) is 13.2 Å². The van der Waals surface area contributed by atoms with Crippen LogP contribution in [0, 0.1) is 10.1 Å². The molecule has 28 heavy (non-hydrogen) atoms. The van der Waals surface area contributed by atoms with Gasteiger partial charge < -0.3 is 9.80 Å². The number of hydrogen-bond donors (Lipinski definition) is 0. The zero-order valence-electron chi connectivity index (χ0n) is 14.4. The van der Waals surface area contributed by atoms with Gasteiger partial charge in [0.1, 0.15) is 6.04 Å². The summed E-state index contributed by atoms with van der Waals surface area (Å²) in [4.78, 5) is 25.2. The van der Waals surface area contributed by atoms with Crippen LogP contribution in [0.5, 0.6) is 0 Å². The van der Waals surface area contributed by atoms with Crippen molar-refractivity contribution in [3.63, 3.8) is 0 Å². The number of benzene rings is 2. The monoisotopic (exact) mass is 413 g/mol. The van der Waals surface area contributed by atoms with Crippen molar-refractivity contribution in [3.05, 3.63) is 69.2 Å². The highest BCUT2D eigenvalue weighted by Crippen LogP contribution is 2.33. The van der Waals surface area contributed by atoms with E-state index in [0.717, 1.165) is 17.0 Å². The molecule has 2 aromatic carbocycles. The van der Waals surface area contributed by atoms with Crippen LogP contribution >= 0.6 is 11.6 Å². The number of nitrogens with zero attached hydrogens (tertiary/aromatic N) is 3. The Morgan fingerprint density at radius 3 is 2.43 bits per heavy atom. The second kappa shape index (κ2) is 7.67. The normalized spacial score (nSPS) is 17.5. The molecule has 1 atom stereocenters. The fourth-order valence-corrected chi connectivity index (χ4v) is 3.34. The number of rotatable bonds is 3. The predicted molar refractivity (Wildman–Crippen MR) is 97.6 cm³/mol. The molecule has 3 rings (SSSR count). The van der Waals surface area contributed by atoms with E-state index in [1.165, 1.54) is 11.0 Å². The van der Waals surface area contributed by atoms with Crippen LogP contribution in [0.3, 0.4) is 0 Å². The van der Waals surface area contributed by atoms with Crippen molar-refractivity contribution in [1.29, 1.82) is 0 Å². The van der Waals surface area contributed by atoms with Crippen LogP contribution in [0.1, 0.15) is 10.4 Å². The minimum absolute atomic E-state index is 0.0271. The molecule has 0 aromatic heterocycles. The van der Waals surface area contributed by atoms with Crippen LogP contribution in [0.4, 0.5) is 24.5 Å². The van der Waals surface area contributed by atoms with Gasteiger partial charge in [-0.05, 0) is 18.2 Å². The van der Waals surface area contributed by atoms with Crippen molar-refractivity contribution in [1.82, 2.24) is 4.90 Å². The Balaban J connectivity index is 1.88. The summed E-state index contributed by atoms with van der Waals surface area (Å²) in [6.07, 6.45) is -4.57. The Morgan fingerprint density at radius 1 is 1.14 bits per heavy atom. The molecule has 1 heterocycles. The molecule has 0 bridgehead atoms. The Morgan fingerprint density at radius 2 is 1.82 bits per heavy atom. The average Bonchev–Trinajstić information content (AvgIpc) is 2.67. The van der Waals surface area contributed by atoms with E-state index in [-0.39, 0.29) is 29.4 Å². The lowest BCUT2D eigenvalue weighted by molar-refractivity contribution is -0.384. The number of non-ortho nitro benzene ring substituents is 1. The lowest BCUT2D eigenvalue weighted by Gasteiger charge is -2.43. The molecule has 2 aromatic rings. The Labute approximate surface area is 163 Å². The molecule has 10 heteroatoms. The van der Waals surface area contributed by atoms with Gasteiger partial charge in [0, 0.05) is 30.9 Å². The maximum absolute atomic E-state index is 13.7. The van der Waals surface area contributed by atoms with Crippen molar-refractivity contribution >= 4 is 28.9 Å². The Bertz CT molecular complexity index is 893. The summed E-state index contributed by atoms with van der Waals surface area (Å²) >= 11 is 5.96. The number of carbonyl (C=O) groups excluding carboxylic acids is 1. The number of para-hydroxylation sites is 1. The first-order valence-electron chi connectivity index (χ1n) is 8.30. The maximum atomic E-state index is 13.7. The number of hydrogen-bond acceptors (Lipinski definition) is 4. The number of alkyl halides is 3. The van der Waals surface area contributed by atoms with Gasteiger partial charge in [0.05, 0.1) is 22.1 Å². The van der Waals surface area contributed by atoms with Crippen molar-refractivity contribution < 1.29 is 22.9 Å². The van der Waals surface area contributed by atoms with Crippen LogP contribution in [-0.2, 0) is 0 Å². The molecule has 148 valence electrons. The summed E-state index contributed by atoms with van der Waals surface area (Å²) in [5.74, 6) is -0.768. The average molecular weight is 414 g/mol. The molecule has 1 fully saturated rings. The van der Waals surface area contributed by atoms with Gasteiger partial charge in [-0.1, -0.05) is 29.8 Å². The molecule has 0 aliphatic carbocycles. The standard InChI is InChI=1S/C18H15ClF3N3O3/c19-15-7-6-13(25(27)28)10-14(15)17(26)23-8-9-24(12-4-2-1-3-5-12)16(11-23)18(20,21)22/h1-7,10,16H,8-9,11H2. The smallest absolute Gasteiger partial charge is 0.357 e. The third-order valence-corrected chi connectivity index (χ3v) is 4.85. The lowest BCUT2D eigenvalue weighted by Crippen LogP contribution is -2.60. The summed E-state index contributed by atoms with van der Waals surface area (Å²) in [6, 6.07) is 9.55. The number of piperazine rings is 1. The van der Waals surface area contributed by atoms with Crippen molar-refractivity contribution in [2.75, 3.05) is 24.5 Å². The Kier molecular flexibility index (Phi) is 5.46. The highest BCUT2D eigenvalue weighted by Gasteiger charge is 2.47. The van der Waals surface area contributed by atoms with E-state index < -0.39 is 29.6 Å². The molecular weight excluding hydrogens is 399 g/mol. The zero-order chi connectivity index (χ0) is 20.5. The van der Waals surface area contributed by atoms with E-state index in [1.807, 2.05) is 0 Å². The van der Waals surface area contributed by atoms with E-state index in [0.29, 0.717) is 5.69 Å². The van der Waals surface area contributed by atoms with Gasteiger partial charge in [0.15, 0.2) is 0 Å². The quantitative estimate of drug-likeness (QED) is 0.560. The molecule has 1 amide bonds. The molecule has 0 spiro atoms. The topological polar surface area (TPSA) is 66.7 Å². The molecule has 0 N–H and O–H groups in total. The number of amides is 1. The molecule has 1 aliphatic heterocycles. The molecule has 6 nitrogen and oxygen atoms in total. The molecule has 1 unspecified atom stereocenters. The number of carbonyl (C=O) groups is 1. The summed E-state index contributed by atoms with van der Waals surface area (Å²) in [6.45, 7) is -0.609. The van der Waals surface area contributed by atoms with Crippen molar-refractivity contribution in [2.24, 2.45) is 0 Å². The number of nitro groups is 1. The van der Waals surface area contributed by atoms with E-state index in [1.54, 1.807) is 30.3 Å². The number of anilines is 1. The highest BCUT2D eigenvalue weighted by atomic mass is 35.5. The molecular formula is C18H15ClF3N3O3. The van der Waals surface area contributed by atoms with E-state index >= 15 is 0 Å². The first kappa shape index (κ1) is 19.9. The third-order valence-electron chi connectivity index (χ3n) is 4.52. The fourth-order valence-electron chi connectivity index (χ4n) is 3.14. The van der Waals surface area contributed by atoms with Crippen LogP contribution in [-0.4, -0.2) is 47.6 Å². The second-order valence-corrected chi connectivity index (χ2v) is 6.67. The van der Waals surface area contributed by atoms with Gasteiger partial charge in [-0.3, -0.25) is 14.9 Å². The summed E-state index contributed by atoms with van der Waals surface area (Å²) in [5.41, 5.74) is -0.140. The SMILES string of the molecule is O=C(c1cc([N+](=O)[O-])ccc1Cl)N1CCN(c2ccccc2)C(C(F)(F)F)C1. The summed E-state index contributed by atoms with van der Waals surface area (Å²) in [5, 5.41) is 10.9. The first-order chi connectivity index (χ1) is 13.2. The predicted octanol–water partition coefficient (Wildman–Crippen LogP) is 4.14. The van der Waals surface area contributed by atoms with Crippen LogP contribution in [0.2, 0.25) is 5.02 Å². The summed E-state index contributed by atoms with van der Waals surface area (Å²) < 4.78 is 41.0. The highest BCUT2D eigenvalue weighted by molar-refractivity contribution is 6.33. The lowest BCUT2D eigenvalue weighted by atomic mass is 10.1. The number of nitro benzene ring substituents is 1. The van der Waals surface area contributed by atoms with E-state index in [9.17, 15) is 28.1 Å². The molecule has 0 saturated carbocycles. The summed E-state index contributed by atoms with van der Waals surface area (Å²) in [7, 11) is 0. The minimum Gasteiger partial charge on any atom is -0.357 e. The largest absolute Gasteiger partial charge is 0.410 e. The second-order valence-electron chi connectivity index (χ2n) is 6.26. The maximum Gasteiger partial charge on any atom is 0.410 e. The van der Waals surface area contributed by atoms with Gasteiger partial charge >= 0.3 is 6.18 Å². The van der Waals surface area contributed by atoms with Crippen LogP contribution < -0.4 is 4.90 Å². The van der Waals surface area contributed by atoms with Crippen molar-refractivity contribution in [2.45, 2.75) is 12.2 Å². The van der Waals surface area contributed by atoms with Gasteiger partial charge in [-0.25, -0.2) is 0 Å². The Hall–Kier alpha value is -2.81. The van der Waals surface area contributed by atoms with E-state index in [2.05, 4.69) is 0 Å². The van der Waals surface area contributed by atoms with Gasteiger partial charge in [0.2, 0.25) is 0 Å². The molecule has 1 aliphatic rings. The van der Waals surface area contributed by atoms with Crippen molar-refractivity contribution in [3.8, 4) is 0 Å². The fraction of sp³-hybridized carbons (Fsp3) is 0.278. The zero-order valence-corrected chi connectivity index (χ0v) is 15.2. The van der Waals surface area contributed by atoms with Gasteiger partial charge in [0.25, 0.3) is 11.6 Å². The minimum atomic E-state index is -4.57.